The van der Waals surface area contributed by atoms with Gasteiger partial charge in [-0.3, -0.25) is 9.48 Å². The maximum absolute atomic E-state index is 12.1. The Kier molecular flexibility index (Phi) is 6.39. The van der Waals surface area contributed by atoms with Gasteiger partial charge in [0.1, 0.15) is 0 Å². The molecule has 124 valence electrons. The van der Waals surface area contributed by atoms with Crippen LogP contribution < -0.4 is 10.6 Å². The van der Waals surface area contributed by atoms with E-state index in [1.165, 1.54) is 0 Å². The molecule has 1 aromatic rings. The second-order valence-corrected chi connectivity index (χ2v) is 6.17. The van der Waals surface area contributed by atoms with Crippen molar-refractivity contribution in [3.8, 4) is 0 Å². The summed E-state index contributed by atoms with van der Waals surface area (Å²) < 4.78 is 1.91. The highest BCUT2D eigenvalue weighted by atomic mass is 16.2. The van der Waals surface area contributed by atoms with Gasteiger partial charge in [0.25, 0.3) is 0 Å². The smallest absolute Gasteiger partial charge is 0.234 e. The topological polar surface area (TPSA) is 62.2 Å². The van der Waals surface area contributed by atoms with Crippen LogP contribution in [-0.4, -0.2) is 58.9 Å². The Labute approximate surface area is 133 Å². The van der Waals surface area contributed by atoms with Crippen LogP contribution in [0.4, 0.5) is 0 Å². The zero-order valence-electron chi connectivity index (χ0n) is 14.0. The van der Waals surface area contributed by atoms with Crippen molar-refractivity contribution in [3.63, 3.8) is 0 Å². The van der Waals surface area contributed by atoms with Gasteiger partial charge in [-0.15, -0.1) is 0 Å². The van der Waals surface area contributed by atoms with Crippen molar-refractivity contribution in [1.29, 1.82) is 0 Å². The molecule has 0 radical (unpaired) electrons. The minimum Gasteiger partial charge on any atom is -0.352 e. The third kappa shape index (κ3) is 4.81. The van der Waals surface area contributed by atoms with E-state index in [0.29, 0.717) is 12.6 Å². The first-order valence-electron chi connectivity index (χ1n) is 8.34. The Morgan fingerprint density at radius 3 is 2.68 bits per heavy atom. The average molecular weight is 307 g/mol. The zero-order valence-corrected chi connectivity index (χ0v) is 14.0. The van der Waals surface area contributed by atoms with Crippen LogP contribution in [0.25, 0.3) is 0 Å². The van der Waals surface area contributed by atoms with Gasteiger partial charge in [0.05, 0.1) is 12.6 Å². The van der Waals surface area contributed by atoms with E-state index in [2.05, 4.69) is 41.4 Å². The Morgan fingerprint density at radius 1 is 1.36 bits per heavy atom. The van der Waals surface area contributed by atoms with Gasteiger partial charge in [-0.2, -0.15) is 5.10 Å². The number of hydrogen-bond donors (Lipinski definition) is 2. The lowest BCUT2D eigenvalue weighted by atomic mass is 10.1. The van der Waals surface area contributed by atoms with Crippen LogP contribution in [0.5, 0.6) is 0 Å². The van der Waals surface area contributed by atoms with Crippen molar-refractivity contribution in [3.05, 3.63) is 18.5 Å². The van der Waals surface area contributed by atoms with Crippen molar-refractivity contribution in [2.24, 2.45) is 0 Å². The highest BCUT2D eigenvalue weighted by molar-refractivity contribution is 5.78. The van der Waals surface area contributed by atoms with Crippen LogP contribution in [0.3, 0.4) is 0 Å². The van der Waals surface area contributed by atoms with Gasteiger partial charge in [0.2, 0.25) is 5.91 Å². The Bertz CT molecular complexity index is 439. The van der Waals surface area contributed by atoms with Crippen LogP contribution in [0.1, 0.15) is 39.7 Å². The molecule has 1 saturated heterocycles. The SMILES string of the molecule is CCN1CCC(NC(=O)CNC(C)C(C)n2cccn2)CC1. The number of likely N-dealkylation sites (tertiary alicyclic amines) is 1. The molecule has 2 N–H and O–H groups in total. The number of nitrogens with one attached hydrogen (secondary N) is 2. The number of nitrogens with zero attached hydrogens (tertiary/aromatic N) is 3. The van der Waals surface area contributed by atoms with E-state index in [4.69, 9.17) is 0 Å². The lowest BCUT2D eigenvalue weighted by molar-refractivity contribution is -0.121. The molecule has 0 bridgehead atoms. The molecule has 0 aromatic carbocycles. The highest BCUT2D eigenvalue weighted by Crippen LogP contribution is 2.10. The van der Waals surface area contributed by atoms with Crippen molar-refractivity contribution in [1.82, 2.24) is 25.3 Å². The van der Waals surface area contributed by atoms with E-state index in [-0.39, 0.29) is 18.0 Å². The van der Waals surface area contributed by atoms with E-state index in [0.717, 1.165) is 32.5 Å². The Balaban J connectivity index is 1.67. The second kappa shape index (κ2) is 8.29. The van der Waals surface area contributed by atoms with Gasteiger partial charge in [0.15, 0.2) is 0 Å². The van der Waals surface area contributed by atoms with Crippen LogP contribution in [0.2, 0.25) is 0 Å². The third-order valence-electron chi connectivity index (χ3n) is 4.65. The number of amides is 1. The monoisotopic (exact) mass is 307 g/mol. The minimum absolute atomic E-state index is 0.0921. The van der Waals surface area contributed by atoms with E-state index in [1.807, 2.05) is 16.9 Å². The fourth-order valence-corrected chi connectivity index (χ4v) is 2.85. The summed E-state index contributed by atoms with van der Waals surface area (Å²) in [6.07, 6.45) is 5.83. The van der Waals surface area contributed by atoms with Crippen molar-refractivity contribution in [2.45, 2.75) is 51.7 Å². The quantitative estimate of drug-likeness (QED) is 0.789. The summed E-state index contributed by atoms with van der Waals surface area (Å²) in [7, 11) is 0. The van der Waals surface area contributed by atoms with E-state index in [1.54, 1.807) is 6.20 Å². The summed E-state index contributed by atoms with van der Waals surface area (Å²) in [5, 5.41) is 10.7. The van der Waals surface area contributed by atoms with Gasteiger partial charge in [-0.05, 0) is 39.3 Å². The number of rotatable bonds is 7. The lowest BCUT2D eigenvalue weighted by Gasteiger charge is -2.31. The summed E-state index contributed by atoms with van der Waals surface area (Å²) in [5.41, 5.74) is 0. The molecule has 0 aliphatic carbocycles. The molecule has 2 heterocycles. The Morgan fingerprint density at radius 2 is 2.09 bits per heavy atom. The van der Waals surface area contributed by atoms with E-state index < -0.39 is 0 Å². The lowest BCUT2D eigenvalue weighted by Crippen LogP contribution is -2.48. The van der Waals surface area contributed by atoms with Gasteiger partial charge in [0, 0.05) is 37.6 Å². The number of piperidine rings is 1. The fraction of sp³-hybridized carbons (Fsp3) is 0.750. The molecule has 2 atom stereocenters. The van der Waals surface area contributed by atoms with Gasteiger partial charge in [-0.1, -0.05) is 6.92 Å². The normalized spacial score (nSPS) is 19.8. The summed E-state index contributed by atoms with van der Waals surface area (Å²) in [6, 6.07) is 2.65. The number of aromatic nitrogens is 2. The summed E-state index contributed by atoms with van der Waals surface area (Å²) in [6.45, 7) is 10.0. The number of carbonyl (C=O) groups is 1. The molecule has 6 heteroatoms. The maximum Gasteiger partial charge on any atom is 0.234 e. The maximum atomic E-state index is 12.1. The van der Waals surface area contributed by atoms with Gasteiger partial charge >= 0.3 is 0 Å². The molecule has 0 saturated carbocycles. The molecular weight excluding hydrogens is 278 g/mol. The van der Waals surface area contributed by atoms with Crippen molar-refractivity contribution >= 4 is 5.91 Å². The Hall–Kier alpha value is -1.40. The number of carbonyl (C=O) groups excluding carboxylic acids is 1. The van der Waals surface area contributed by atoms with Gasteiger partial charge < -0.3 is 15.5 Å². The molecule has 1 aromatic heterocycles. The zero-order chi connectivity index (χ0) is 15.9. The molecule has 0 spiro atoms. The summed E-state index contributed by atoms with van der Waals surface area (Å²) in [5.74, 6) is 0.0921. The molecule has 1 amide bonds. The first-order chi connectivity index (χ1) is 10.6. The molecule has 1 aliphatic rings. The van der Waals surface area contributed by atoms with Crippen molar-refractivity contribution < 1.29 is 4.79 Å². The van der Waals surface area contributed by atoms with Crippen LogP contribution in [0, 0.1) is 0 Å². The molecule has 2 rings (SSSR count). The van der Waals surface area contributed by atoms with Crippen LogP contribution >= 0.6 is 0 Å². The van der Waals surface area contributed by atoms with Crippen LogP contribution in [-0.2, 0) is 4.79 Å². The largest absolute Gasteiger partial charge is 0.352 e. The first-order valence-corrected chi connectivity index (χ1v) is 8.34. The van der Waals surface area contributed by atoms with Gasteiger partial charge in [-0.25, -0.2) is 0 Å². The predicted octanol–water partition coefficient (Wildman–Crippen LogP) is 1.02. The summed E-state index contributed by atoms with van der Waals surface area (Å²) >= 11 is 0. The average Bonchev–Trinajstić information content (AvgIpc) is 3.07. The predicted molar refractivity (Wildman–Crippen MR) is 87.7 cm³/mol. The third-order valence-corrected chi connectivity index (χ3v) is 4.65. The summed E-state index contributed by atoms with van der Waals surface area (Å²) in [4.78, 5) is 14.5. The molecule has 2 unspecified atom stereocenters. The molecule has 6 nitrogen and oxygen atoms in total. The number of hydrogen-bond acceptors (Lipinski definition) is 4. The second-order valence-electron chi connectivity index (χ2n) is 6.17. The minimum atomic E-state index is 0.0921. The van der Waals surface area contributed by atoms with E-state index >= 15 is 0 Å². The molecule has 1 aliphatic heterocycles. The standard InChI is InChI=1S/C16H29N5O/c1-4-20-10-6-15(7-11-20)19-16(22)12-17-13(2)14(3)21-9-5-8-18-21/h5,8-9,13-15,17H,4,6-7,10-12H2,1-3H3,(H,19,22). The van der Waals surface area contributed by atoms with Crippen molar-refractivity contribution in [2.75, 3.05) is 26.2 Å². The molecule has 22 heavy (non-hydrogen) atoms. The molecule has 1 fully saturated rings. The highest BCUT2D eigenvalue weighted by Gasteiger charge is 2.20. The van der Waals surface area contributed by atoms with E-state index in [9.17, 15) is 4.79 Å². The fourth-order valence-electron chi connectivity index (χ4n) is 2.85. The molecular formula is C16H29N5O. The first kappa shape index (κ1) is 17.0. The van der Waals surface area contributed by atoms with Crippen LogP contribution in [0.15, 0.2) is 18.5 Å².